The number of nitrogens with two attached hydrogens (primary N) is 1. The Bertz CT molecular complexity index is 804. The summed E-state index contributed by atoms with van der Waals surface area (Å²) < 4.78 is 27.3. The van der Waals surface area contributed by atoms with Crippen LogP contribution in [-0.2, 0) is 16.4 Å². The molecule has 134 valence electrons. The number of carbonyl (C=O) groups excluding carboxylic acids is 1. The van der Waals surface area contributed by atoms with Gasteiger partial charge in [0, 0.05) is 31.6 Å². The molecule has 2 N–H and O–H groups in total. The maximum atomic E-state index is 13.0. The highest BCUT2D eigenvalue weighted by Gasteiger charge is 2.24. The van der Waals surface area contributed by atoms with Crippen LogP contribution in [0.3, 0.4) is 0 Å². The monoisotopic (exact) mass is 360 g/mol. The predicted octanol–water partition coefficient (Wildman–Crippen LogP) is 2.47. The summed E-state index contributed by atoms with van der Waals surface area (Å²) in [6.45, 7) is 2.57. The largest absolute Gasteiger partial charge is 0.329 e. The van der Waals surface area contributed by atoms with Crippen LogP contribution in [0.1, 0.15) is 29.3 Å². The molecule has 0 amide bonds. The van der Waals surface area contributed by atoms with E-state index in [2.05, 4.69) is 0 Å². The average Bonchev–Trinajstić information content (AvgIpc) is 2.65. The zero-order valence-electron chi connectivity index (χ0n) is 14.4. The molecular formula is C19H24N2O3S. The van der Waals surface area contributed by atoms with Crippen molar-refractivity contribution in [2.24, 2.45) is 5.73 Å². The van der Waals surface area contributed by atoms with Gasteiger partial charge in [-0.25, -0.2) is 8.42 Å². The molecule has 0 bridgehead atoms. The molecule has 0 saturated carbocycles. The molecule has 5 nitrogen and oxygen atoms in total. The summed E-state index contributed by atoms with van der Waals surface area (Å²) in [5.41, 5.74) is 7.09. The quantitative estimate of drug-likeness (QED) is 0.697. The molecule has 6 heteroatoms. The number of nitrogens with zero attached hydrogens (tertiary/aromatic N) is 1. The van der Waals surface area contributed by atoms with Crippen LogP contribution in [0.25, 0.3) is 0 Å². The van der Waals surface area contributed by atoms with Crippen molar-refractivity contribution in [1.29, 1.82) is 0 Å². The number of hydrogen-bond acceptors (Lipinski definition) is 4. The molecule has 0 aliphatic rings. The Labute approximate surface area is 149 Å². The van der Waals surface area contributed by atoms with E-state index in [-0.39, 0.29) is 23.8 Å². The fourth-order valence-corrected chi connectivity index (χ4v) is 4.08. The summed E-state index contributed by atoms with van der Waals surface area (Å²) in [7, 11) is -3.70. The molecule has 0 atom stereocenters. The molecule has 0 fully saturated rings. The van der Waals surface area contributed by atoms with Gasteiger partial charge in [0.2, 0.25) is 10.0 Å². The number of benzene rings is 2. The smallest absolute Gasteiger partial charge is 0.243 e. The topological polar surface area (TPSA) is 80.5 Å². The molecule has 0 unspecified atom stereocenters. The van der Waals surface area contributed by atoms with Crippen molar-refractivity contribution in [3.8, 4) is 0 Å². The van der Waals surface area contributed by atoms with E-state index in [1.807, 2.05) is 30.3 Å². The number of ketones is 1. The number of rotatable bonds is 9. The van der Waals surface area contributed by atoms with Crippen LogP contribution in [0.15, 0.2) is 59.5 Å². The molecule has 2 rings (SSSR count). The van der Waals surface area contributed by atoms with Gasteiger partial charge in [0.15, 0.2) is 5.78 Å². The standard InChI is InChI=1S/C19H24N2O3S/c1-2-19(22)17-9-6-10-18(15-17)25(23,24)21(14-12-20)13-11-16-7-4-3-5-8-16/h3-10,15H,2,11-14,20H2,1H3. The first-order valence-electron chi connectivity index (χ1n) is 8.36. The van der Waals surface area contributed by atoms with Crippen LogP contribution in [0.4, 0.5) is 0 Å². The minimum absolute atomic E-state index is 0.0771. The summed E-state index contributed by atoms with van der Waals surface area (Å²) in [4.78, 5) is 12.0. The maximum Gasteiger partial charge on any atom is 0.243 e. The lowest BCUT2D eigenvalue weighted by Gasteiger charge is -2.22. The zero-order valence-corrected chi connectivity index (χ0v) is 15.2. The van der Waals surface area contributed by atoms with Gasteiger partial charge in [-0.3, -0.25) is 4.79 Å². The fourth-order valence-electron chi connectivity index (χ4n) is 2.58. The fraction of sp³-hybridized carbons (Fsp3) is 0.316. The molecule has 0 heterocycles. The minimum Gasteiger partial charge on any atom is -0.329 e. The van der Waals surface area contributed by atoms with Gasteiger partial charge in [-0.15, -0.1) is 0 Å². The van der Waals surface area contributed by atoms with E-state index in [4.69, 9.17) is 5.73 Å². The van der Waals surface area contributed by atoms with Crippen LogP contribution >= 0.6 is 0 Å². The number of sulfonamides is 1. The third-order valence-electron chi connectivity index (χ3n) is 3.99. The van der Waals surface area contributed by atoms with E-state index in [9.17, 15) is 13.2 Å². The van der Waals surface area contributed by atoms with Gasteiger partial charge in [-0.1, -0.05) is 49.4 Å². The average molecular weight is 360 g/mol. The Hall–Kier alpha value is -2.02. The summed E-state index contributed by atoms with van der Waals surface area (Å²) in [6.07, 6.45) is 0.942. The first-order chi connectivity index (χ1) is 12.0. The lowest BCUT2D eigenvalue weighted by atomic mass is 10.1. The third kappa shape index (κ3) is 4.98. The van der Waals surface area contributed by atoms with Gasteiger partial charge in [0.25, 0.3) is 0 Å². The zero-order chi connectivity index (χ0) is 18.3. The first-order valence-corrected chi connectivity index (χ1v) is 9.80. The SMILES string of the molecule is CCC(=O)c1cccc(S(=O)(=O)N(CCN)CCc2ccccc2)c1. The highest BCUT2D eigenvalue weighted by Crippen LogP contribution is 2.18. The van der Waals surface area contributed by atoms with E-state index in [0.29, 0.717) is 24.9 Å². The van der Waals surface area contributed by atoms with Crippen molar-refractivity contribution in [3.05, 3.63) is 65.7 Å². The van der Waals surface area contributed by atoms with Crippen LogP contribution in [0.2, 0.25) is 0 Å². The lowest BCUT2D eigenvalue weighted by Crippen LogP contribution is -2.37. The van der Waals surface area contributed by atoms with Gasteiger partial charge >= 0.3 is 0 Å². The molecule has 2 aromatic carbocycles. The second kappa shape index (κ2) is 8.89. The Balaban J connectivity index is 2.25. The Morgan fingerprint density at radius 3 is 2.40 bits per heavy atom. The maximum absolute atomic E-state index is 13.0. The molecule has 2 aromatic rings. The van der Waals surface area contributed by atoms with Crippen LogP contribution in [0.5, 0.6) is 0 Å². The van der Waals surface area contributed by atoms with Gasteiger partial charge in [0.1, 0.15) is 0 Å². The number of Topliss-reactive ketones (excluding diaryl/α,β-unsaturated/α-hetero) is 1. The first kappa shape index (κ1) is 19.3. The Kier molecular flexibility index (Phi) is 6.87. The van der Waals surface area contributed by atoms with Crippen molar-refractivity contribution < 1.29 is 13.2 Å². The molecular weight excluding hydrogens is 336 g/mol. The highest BCUT2D eigenvalue weighted by atomic mass is 32.2. The number of carbonyl (C=O) groups is 1. The van der Waals surface area contributed by atoms with Crippen molar-refractivity contribution in [1.82, 2.24) is 4.31 Å². The molecule has 0 aliphatic heterocycles. The molecule has 25 heavy (non-hydrogen) atoms. The van der Waals surface area contributed by atoms with Crippen molar-refractivity contribution >= 4 is 15.8 Å². The number of hydrogen-bond donors (Lipinski definition) is 1. The molecule has 0 radical (unpaired) electrons. The molecule has 0 spiro atoms. The second-order valence-electron chi connectivity index (χ2n) is 5.73. The second-order valence-corrected chi connectivity index (χ2v) is 7.67. The summed E-state index contributed by atoms with van der Waals surface area (Å²) >= 11 is 0. The lowest BCUT2D eigenvalue weighted by molar-refractivity contribution is 0.0988. The summed E-state index contributed by atoms with van der Waals surface area (Å²) in [6, 6.07) is 15.9. The van der Waals surface area contributed by atoms with Crippen LogP contribution in [-0.4, -0.2) is 38.1 Å². The highest BCUT2D eigenvalue weighted by molar-refractivity contribution is 7.89. The van der Waals surface area contributed by atoms with Gasteiger partial charge in [-0.05, 0) is 24.1 Å². The van der Waals surface area contributed by atoms with E-state index < -0.39 is 10.0 Å². The summed E-state index contributed by atoms with van der Waals surface area (Å²) in [5, 5.41) is 0. The van der Waals surface area contributed by atoms with E-state index in [0.717, 1.165) is 5.56 Å². The molecule has 0 aromatic heterocycles. The Morgan fingerprint density at radius 1 is 1.04 bits per heavy atom. The van der Waals surface area contributed by atoms with Gasteiger partial charge in [0.05, 0.1) is 4.90 Å². The van der Waals surface area contributed by atoms with Crippen molar-refractivity contribution in [2.75, 3.05) is 19.6 Å². The van der Waals surface area contributed by atoms with Crippen LogP contribution < -0.4 is 5.73 Å². The third-order valence-corrected chi connectivity index (χ3v) is 5.88. The molecule has 0 saturated heterocycles. The van der Waals surface area contributed by atoms with E-state index in [1.54, 1.807) is 19.1 Å². The molecule has 0 aliphatic carbocycles. The van der Waals surface area contributed by atoms with Crippen molar-refractivity contribution in [2.45, 2.75) is 24.7 Å². The summed E-state index contributed by atoms with van der Waals surface area (Å²) in [5.74, 6) is -0.0771. The minimum atomic E-state index is -3.70. The van der Waals surface area contributed by atoms with Gasteiger partial charge < -0.3 is 5.73 Å². The Morgan fingerprint density at radius 2 is 1.76 bits per heavy atom. The van der Waals surface area contributed by atoms with E-state index >= 15 is 0 Å². The van der Waals surface area contributed by atoms with Crippen LogP contribution in [0, 0.1) is 0 Å². The van der Waals surface area contributed by atoms with Crippen molar-refractivity contribution in [3.63, 3.8) is 0 Å². The predicted molar refractivity (Wildman–Crippen MR) is 99.0 cm³/mol. The van der Waals surface area contributed by atoms with E-state index in [1.165, 1.54) is 16.4 Å². The van der Waals surface area contributed by atoms with Gasteiger partial charge in [-0.2, -0.15) is 4.31 Å². The normalized spacial score (nSPS) is 11.6.